The minimum atomic E-state index is -0.518. The Morgan fingerprint density at radius 2 is 2.42 bits per heavy atom. The maximum atomic E-state index is 10.6. The van der Waals surface area contributed by atoms with E-state index in [9.17, 15) is 4.79 Å². The summed E-state index contributed by atoms with van der Waals surface area (Å²) >= 11 is 1.55. The topological polar surface area (TPSA) is 58.9 Å². The molecule has 2 aromatic heterocycles. The van der Waals surface area contributed by atoms with E-state index in [1.807, 2.05) is 17.7 Å². The zero-order chi connectivity index (χ0) is 8.55. The Morgan fingerprint density at radius 1 is 1.58 bits per heavy atom. The lowest BCUT2D eigenvalue weighted by atomic mass is 10.2. The summed E-state index contributed by atoms with van der Waals surface area (Å²) < 4.78 is 4.79. The van der Waals surface area contributed by atoms with Crippen molar-refractivity contribution in [2.45, 2.75) is 6.92 Å². The van der Waals surface area contributed by atoms with Crippen LogP contribution in [0.3, 0.4) is 0 Å². The number of thiophene rings is 1. The van der Waals surface area contributed by atoms with E-state index in [-0.39, 0.29) is 0 Å². The second kappa shape index (κ2) is 2.60. The van der Waals surface area contributed by atoms with Crippen LogP contribution < -0.4 is 5.76 Å². The first-order chi connectivity index (χ1) is 5.77. The number of aromatic nitrogens is 2. The van der Waals surface area contributed by atoms with Crippen LogP contribution in [0.25, 0.3) is 11.5 Å². The van der Waals surface area contributed by atoms with E-state index >= 15 is 0 Å². The van der Waals surface area contributed by atoms with Crippen molar-refractivity contribution in [3.05, 3.63) is 26.9 Å². The average molecular weight is 182 g/mol. The van der Waals surface area contributed by atoms with E-state index in [0.717, 1.165) is 11.1 Å². The largest absolute Gasteiger partial charge is 0.434 e. The fourth-order valence-corrected chi connectivity index (χ4v) is 1.75. The lowest BCUT2D eigenvalue weighted by molar-refractivity contribution is 0.527. The van der Waals surface area contributed by atoms with E-state index in [0.29, 0.717) is 5.89 Å². The predicted octanol–water partition coefficient (Wildman–Crippen LogP) is 1.40. The molecule has 12 heavy (non-hydrogen) atoms. The molecule has 0 aromatic carbocycles. The third-order valence-electron chi connectivity index (χ3n) is 1.52. The van der Waals surface area contributed by atoms with Crippen molar-refractivity contribution in [3.63, 3.8) is 0 Å². The molecule has 0 radical (unpaired) electrons. The summed E-state index contributed by atoms with van der Waals surface area (Å²) in [6.07, 6.45) is 0. The van der Waals surface area contributed by atoms with Crippen LogP contribution in [0.15, 0.2) is 20.0 Å². The fourth-order valence-electron chi connectivity index (χ4n) is 0.925. The maximum Gasteiger partial charge on any atom is 0.434 e. The summed E-state index contributed by atoms with van der Waals surface area (Å²) in [7, 11) is 0. The molecule has 0 amide bonds. The molecule has 0 fully saturated rings. The Labute approximate surface area is 71.9 Å². The maximum absolute atomic E-state index is 10.6. The van der Waals surface area contributed by atoms with Crippen molar-refractivity contribution in [3.8, 4) is 11.5 Å². The lowest BCUT2D eigenvalue weighted by Crippen LogP contribution is -1.93. The van der Waals surface area contributed by atoms with Crippen molar-refractivity contribution < 1.29 is 4.42 Å². The first kappa shape index (κ1) is 7.30. The zero-order valence-electron chi connectivity index (χ0n) is 6.33. The molecule has 4 nitrogen and oxygen atoms in total. The minimum absolute atomic E-state index is 0.360. The normalized spacial score (nSPS) is 10.4. The minimum Gasteiger partial charge on any atom is -0.388 e. The Morgan fingerprint density at radius 3 is 2.92 bits per heavy atom. The van der Waals surface area contributed by atoms with E-state index in [1.54, 1.807) is 11.3 Å². The number of hydrogen-bond acceptors (Lipinski definition) is 4. The summed E-state index contributed by atoms with van der Waals surface area (Å²) in [5.74, 6) is -0.158. The van der Waals surface area contributed by atoms with Crippen LogP contribution in [0.5, 0.6) is 0 Å². The molecule has 2 heterocycles. The molecule has 0 saturated heterocycles. The Hall–Kier alpha value is -1.36. The van der Waals surface area contributed by atoms with Crippen LogP contribution >= 0.6 is 11.3 Å². The van der Waals surface area contributed by atoms with E-state index < -0.39 is 5.76 Å². The first-order valence-electron chi connectivity index (χ1n) is 3.36. The molecule has 0 aliphatic carbocycles. The predicted molar refractivity (Wildman–Crippen MR) is 45.2 cm³/mol. The number of H-pyrrole nitrogens is 1. The SMILES string of the molecule is Cc1cscc1-c1n[nH]c(=O)o1. The van der Waals surface area contributed by atoms with Crippen molar-refractivity contribution in [1.82, 2.24) is 10.2 Å². The molecule has 62 valence electrons. The second-order valence-electron chi connectivity index (χ2n) is 2.39. The van der Waals surface area contributed by atoms with Gasteiger partial charge in [-0.15, -0.1) is 5.10 Å². The molecule has 0 spiro atoms. The fraction of sp³-hybridized carbons (Fsp3) is 0.143. The van der Waals surface area contributed by atoms with Gasteiger partial charge in [0.2, 0.25) is 5.89 Å². The van der Waals surface area contributed by atoms with Crippen molar-refractivity contribution >= 4 is 11.3 Å². The third-order valence-corrected chi connectivity index (χ3v) is 2.39. The van der Waals surface area contributed by atoms with Gasteiger partial charge in [-0.05, 0) is 17.9 Å². The van der Waals surface area contributed by atoms with Gasteiger partial charge in [0.15, 0.2) is 0 Å². The van der Waals surface area contributed by atoms with Gasteiger partial charge < -0.3 is 4.42 Å². The molecule has 0 unspecified atom stereocenters. The molecule has 0 atom stereocenters. The molecule has 2 aromatic rings. The van der Waals surface area contributed by atoms with Gasteiger partial charge in [0.05, 0.1) is 5.56 Å². The first-order valence-corrected chi connectivity index (χ1v) is 4.30. The van der Waals surface area contributed by atoms with Crippen LogP contribution in [-0.4, -0.2) is 10.2 Å². The monoisotopic (exact) mass is 182 g/mol. The molecule has 0 aliphatic rings. The standard InChI is InChI=1S/C7H6N2O2S/c1-4-2-12-3-5(4)6-8-9-7(10)11-6/h2-3H,1H3,(H,9,10). The molecule has 0 bridgehead atoms. The van der Waals surface area contributed by atoms with Gasteiger partial charge in [-0.2, -0.15) is 11.3 Å². The Kier molecular flexibility index (Phi) is 1.58. The van der Waals surface area contributed by atoms with Crippen molar-refractivity contribution in [1.29, 1.82) is 0 Å². The number of nitrogens with one attached hydrogen (secondary N) is 1. The number of hydrogen-bond donors (Lipinski definition) is 1. The van der Waals surface area contributed by atoms with Gasteiger partial charge in [0.1, 0.15) is 0 Å². The molecule has 5 heteroatoms. The van der Waals surface area contributed by atoms with Crippen LogP contribution in [0.4, 0.5) is 0 Å². The van der Waals surface area contributed by atoms with E-state index in [2.05, 4.69) is 10.2 Å². The quantitative estimate of drug-likeness (QED) is 0.725. The van der Waals surface area contributed by atoms with Gasteiger partial charge >= 0.3 is 5.76 Å². The highest BCUT2D eigenvalue weighted by molar-refractivity contribution is 7.08. The summed E-state index contributed by atoms with van der Waals surface area (Å²) in [4.78, 5) is 10.6. The van der Waals surface area contributed by atoms with E-state index in [1.165, 1.54) is 0 Å². The van der Waals surface area contributed by atoms with Gasteiger partial charge in [-0.25, -0.2) is 9.89 Å². The molecule has 2 rings (SSSR count). The smallest absolute Gasteiger partial charge is 0.388 e. The number of nitrogens with zero attached hydrogens (tertiary/aromatic N) is 1. The molecule has 0 saturated carbocycles. The van der Waals surface area contributed by atoms with Gasteiger partial charge in [-0.3, -0.25) is 0 Å². The summed E-state index contributed by atoms with van der Waals surface area (Å²) in [5, 5.41) is 9.81. The number of rotatable bonds is 1. The van der Waals surface area contributed by atoms with Crippen molar-refractivity contribution in [2.24, 2.45) is 0 Å². The summed E-state index contributed by atoms with van der Waals surface area (Å²) in [5.41, 5.74) is 1.94. The summed E-state index contributed by atoms with van der Waals surface area (Å²) in [6, 6.07) is 0. The van der Waals surface area contributed by atoms with E-state index in [4.69, 9.17) is 4.42 Å². The highest BCUT2D eigenvalue weighted by Crippen LogP contribution is 2.23. The second-order valence-corrected chi connectivity index (χ2v) is 3.13. The average Bonchev–Trinajstić information content (AvgIpc) is 2.58. The van der Waals surface area contributed by atoms with Crippen LogP contribution in [0.2, 0.25) is 0 Å². The highest BCUT2D eigenvalue weighted by atomic mass is 32.1. The van der Waals surface area contributed by atoms with Gasteiger partial charge in [0.25, 0.3) is 0 Å². The Bertz CT molecular complexity index is 440. The Balaban J connectivity index is 2.57. The lowest BCUT2D eigenvalue weighted by Gasteiger charge is -1.88. The van der Waals surface area contributed by atoms with Gasteiger partial charge in [-0.1, -0.05) is 0 Å². The van der Waals surface area contributed by atoms with Crippen LogP contribution in [0.1, 0.15) is 5.56 Å². The van der Waals surface area contributed by atoms with Crippen LogP contribution in [0, 0.1) is 6.92 Å². The highest BCUT2D eigenvalue weighted by Gasteiger charge is 2.08. The molecular formula is C7H6N2O2S. The van der Waals surface area contributed by atoms with Crippen LogP contribution in [-0.2, 0) is 0 Å². The zero-order valence-corrected chi connectivity index (χ0v) is 7.14. The molecule has 1 N–H and O–H groups in total. The van der Waals surface area contributed by atoms with Gasteiger partial charge in [0, 0.05) is 5.38 Å². The number of aryl methyl sites for hydroxylation is 1. The third kappa shape index (κ3) is 1.08. The molecular weight excluding hydrogens is 176 g/mol. The van der Waals surface area contributed by atoms with Crippen molar-refractivity contribution in [2.75, 3.05) is 0 Å². The molecule has 0 aliphatic heterocycles. The summed E-state index contributed by atoms with van der Waals surface area (Å²) in [6.45, 7) is 1.94. The number of aromatic amines is 1.